The molecule has 1 N–H and O–H groups in total. The number of carbonyl (C=O) groups excluding carboxylic acids is 2. The maximum atomic E-state index is 12.5. The summed E-state index contributed by atoms with van der Waals surface area (Å²) in [7, 11) is 0. The second-order valence-electron chi connectivity index (χ2n) is 6.11. The predicted octanol–water partition coefficient (Wildman–Crippen LogP) is 2.77. The van der Waals surface area contributed by atoms with E-state index in [9.17, 15) is 9.59 Å². The van der Waals surface area contributed by atoms with Crippen molar-refractivity contribution in [3.63, 3.8) is 0 Å². The SMILES string of the molecule is CCCCCNC(=O)[C@H]1CS[C@@H](CCC)N1C(=O)C1CC1. The summed E-state index contributed by atoms with van der Waals surface area (Å²) >= 11 is 1.77. The van der Waals surface area contributed by atoms with Gasteiger partial charge in [0.05, 0.1) is 5.37 Å². The summed E-state index contributed by atoms with van der Waals surface area (Å²) in [6.07, 6.45) is 7.37. The standard InChI is InChI=1S/C16H28N2O2S/c1-3-5-6-10-17-15(19)13-11-21-14(7-4-2)18(13)16(20)12-8-9-12/h12-14H,3-11H2,1-2H3,(H,17,19)/t13-,14+/m1/s1. The minimum atomic E-state index is -0.249. The van der Waals surface area contributed by atoms with Crippen molar-refractivity contribution >= 4 is 23.6 Å². The number of rotatable bonds is 8. The lowest BCUT2D eigenvalue weighted by Gasteiger charge is -2.28. The maximum Gasteiger partial charge on any atom is 0.243 e. The lowest BCUT2D eigenvalue weighted by Crippen LogP contribution is -2.50. The molecule has 1 aliphatic carbocycles. The molecule has 1 heterocycles. The van der Waals surface area contributed by atoms with Gasteiger partial charge in [-0.2, -0.15) is 0 Å². The number of nitrogens with zero attached hydrogens (tertiary/aromatic N) is 1. The van der Waals surface area contributed by atoms with Crippen molar-refractivity contribution in [2.45, 2.75) is 70.2 Å². The normalized spacial score (nSPS) is 25.1. The molecule has 0 spiro atoms. The van der Waals surface area contributed by atoms with Crippen LogP contribution in [0.15, 0.2) is 0 Å². The summed E-state index contributed by atoms with van der Waals surface area (Å²) in [5.74, 6) is 1.21. The number of hydrogen-bond acceptors (Lipinski definition) is 3. The molecule has 2 amide bonds. The highest BCUT2D eigenvalue weighted by Gasteiger charge is 2.45. The summed E-state index contributed by atoms with van der Waals surface area (Å²) in [4.78, 5) is 26.8. The van der Waals surface area contributed by atoms with E-state index in [2.05, 4.69) is 19.2 Å². The van der Waals surface area contributed by atoms with E-state index in [-0.39, 0.29) is 29.1 Å². The van der Waals surface area contributed by atoms with Crippen molar-refractivity contribution < 1.29 is 9.59 Å². The van der Waals surface area contributed by atoms with E-state index in [0.717, 1.165) is 57.2 Å². The molecule has 1 saturated carbocycles. The van der Waals surface area contributed by atoms with Crippen LogP contribution in [-0.4, -0.2) is 40.4 Å². The van der Waals surface area contributed by atoms with Crippen LogP contribution in [0.25, 0.3) is 0 Å². The van der Waals surface area contributed by atoms with Gasteiger partial charge in [0.25, 0.3) is 0 Å². The van der Waals surface area contributed by atoms with Crippen LogP contribution in [0, 0.1) is 5.92 Å². The van der Waals surface area contributed by atoms with Crippen molar-refractivity contribution in [3.8, 4) is 0 Å². The Balaban J connectivity index is 1.92. The first-order chi connectivity index (χ1) is 10.2. The van der Waals surface area contributed by atoms with Gasteiger partial charge >= 0.3 is 0 Å². The number of carbonyl (C=O) groups is 2. The third-order valence-electron chi connectivity index (χ3n) is 4.19. The first kappa shape index (κ1) is 16.7. The fourth-order valence-electron chi connectivity index (χ4n) is 2.78. The van der Waals surface area contributed by atoms with Crippen LogP contribution in [0.2, 0.25) is 0 Å². The molecule has 0 aromatic heterocycles. The Morgan fingerprint density at radius 1 is 1.19 bits per heavy atom. The third-order valence-corrected chi connectivity index (χ3v) is 5.55. The Morgan fingerprint density at radius 3 is 2.57 bits per heavy atom. The van der Waals surface area contributed by atoms with E-state index >= 15 is 0 Å². The van der Waals surface area contributed by atoms with Gasteiger partial charge in [-0.1, -0.05) is 33.1 Å². The van der Waals surface area contributed by atoms with Crippen molar-refractivity contribution in [2.24, 2.45) is 5.92 Å². The number of unbranched alkanes of at least 4 members (excludes halogenated alkanes) is 2. The smallest absolute Gasteiger partial charge is 0.243 e. The molecule has 120 valence electrons. The molecule has 0 unspecified atom stereocenters. The average molecular weight is 312 g/mol. The van der Waals surface area contributed by atoms with Crippen LogP contribution in [0.3, 0.4) is 0 Å². The van der Waals surface area contributed by atoms with E-state index in [1.165, 1.54) is 0 Å². The first-order valence-electron chi connectivity index (χ1n) is 8.40. The molecule has 1 saturated heterocycles. The molecule has 4 nitrogen and oxygen atoms in total. The van der Waals surface area contributed by atoms with Crippen molar-refractivity contribution in [2.75, 3.05) is 12.3 Å². The van der Waals surface area contributed by atoms with Gasteiger partial charge in [0, 0.05) is 18.2 Å². The molecule has 1 aliphatic heterocycles. The van der Waals surface area contributed by atoms with Crippen LogP contribution in [0.1, 0.15) is 58.8 Å². The van der Waals surface area contributed by atoms with Crippen molar-refractivity contribution in [1.82, 2.24) is 10.2 Å². The van der Waals surface area contributed by atoms with E-state index in [0.29, 0.717) is 0 Å². The van der Waals surface area contributed by atoms with Crippen LogP contribution in [0.4, 0.5) is 0 Å². The van der Waals surface area contributed by atoms with Crippen LogP contribution in [0.5, 0.6) is 0 Å². The zero-order valence-electron chi connectivity index (χ0n) is 13.3. The Kier molecular flexibility index (Phi) is 6.40. The summed E-state index contributed by atoms with van der Waals surface area (Å²) in [6.45, 7) is 5.02. The minimum Gasteiger partial charge on any atom is -0.354 e. The number of thioether (sulfide) groups is 1. The second kappa shape index (κ2) is 8.06. The second-order valence-corrected chi connectivity index (χ2v) is 7.32. The quantitative estimate of drug-likeness (QED) is 0.701. The third kappa shape index (κ3) is 4.38. The van der Waals surface area contributed by atoms with Crippen LogP contribution >= 0.6 is 11.8 Å². The van der Waals surface area contributed by atoms with Crippen LogP contribution in [-0.2, 0) is 9.59 Å². The maximum absolute atomic E-state index is 12.5. The highest BCUT2D eigenvalue weighted by molar-refractivity contribution is 8.00. The molecule has 0 aromatic rings. The zero-order chi connectivity index (χ0) is 15.2. The zero-order valence-corrected chi connectivity index (χ0v) is 14.1. The number of amides is 2. The predicted molar refractivity (Wildman–Crippen MR) is 87.0 cm³/mol. The van der Waals surface area contributed by atoms with Gasteiger partial charge in [0.15, 0.2) is 0 Å². The molecule has 2 fully saturated rings. The van der Waals surface area contributed by atoms with Gasteiger partial charge < -0.3 is 10.2 Å². The Hall–Kier alpha value is -0.710. The first-order valence-corrected chi connectivity index (χ1v) is 9.45. The highest BCUT2D eigenvalue weighted by atomic mass is 32.2. The Bertz CT molecular complexity index is 371. The van der Waals surface area contributed by atoms with Gasteiger partial charge in [-0.25, -0.2) is 0 Å². The molecule has 21 heavy (non-hydrogen) atoms. The summed E-state index contributed by atoms with van der Waals surface area (Å²) in [6, 6.07) is -0.249. The largest absolute Gasteiger partial charge is 0.354 e. The molecule has 0 bridgehead atoms. The summed E-state index contributed by atoms with van der Waals surface area (Å²) < 4.78 is 0. The van der Waals surface area contributed by atoms with Gasteiger partial charge in [0.1, 0.15) is 6.04 Å². The lowest BCUT2D eigenvalue weighted by molar-refractivity contribution is -0.140. The van der Waals surface area contributed by atoms with Gasteiger partial charge in [-0.3, -0.25) is 9.59 Å². The fraction of sp³-hybridized carbons (Fsp3) is 0.875. The van der Waals surface area contributed by atoms with E-state index in [1.54, 1.807) is 11.8 Å². The Morgan fingerprint density at radius 2 is 1.95 bits per heavy atom. The fourth-order valence-corrected chi connectivity index (χ4v) is 4.31. The molecule has 2 rings (SSSR count). The van der Waals surface area contributed by atoms with Crippen LogP contribution < -0.4 is 5.32 Å². The van der Waals surface area contributed by atoms with E-state index in [1.807, 2.05) is 4.90 Å². The molecule has 5 heteroatoms. The lowest BCUT2D eigenvalue weighted by atomic mass is 10.2. The van der Waals surface area contributed by atoms with E-state index in [4.69, 9.17) is 0 Å². The average Bonchev–Trinajstić information content (AvgIpc) is 3.24. The highest BCUT2D eigenvalue weighted by Crippen LogP contribution is 2.39. The van der Waals surface area contributed by atoms with E-state index < -0.39 is 0 Å². The topological polar surface area (TPSA) is 49.4 Å². The number of nitrogens with one attached hydrogen (secondary N) is 1. The Labute approximate surface area is 132 Å². The van der Waals surface area contributed by atoms with Crippen molar-refractivity contribution in [1.29, 1.82) is 0 Å². The monoisotopic (exact) mass is 312 g/mol. The van der Waals surface area contributed by atoms with Crippen molar-refractivity contribution in [3.05, 3.63) is 0 Å². The number of hydrogen-bond donors (Lipinski definition) is 1. The molecule has 2 aliphatic rings. The summed E-state index contributed by atoms with van der Waals surface area (Å²) in [5, 5.41) is 3.22. The summed E-state index contributed by atoms with van der Waals surface area (Å²) in [5.41, 5.74) is 0. The molecule has 0 radical (unpaired) electrons. The molecular weight excluding hydrogens is 284 g/mol. The molecule has 2 atom stereocenters. The van der Waals surface area contributed by atoms with Gasteiger partial charge in [-0.15, -0.1) is 11.8 Å². The molecular formula is C16H28N2O2S. The van der Waals surface area contributed by atoms with Gasteiger partial charge in [-0.05, 0) is 25.7 Å². The van der Waals surface area contributed by atoms with Gasteiger partial charge in [0.2, 0.25) is 11.8 Å². The minimum absolute atomic E-state index is 0.0474. The molecule has 0 aromatic carbocycles.